The third-order valence-electron chi connectivity index (χ3n) is 4.44. The van der Waals surface area contributed by atoms with E-state index in [-0.39, 0.29) is 12.3 Å². The van der Waals surface area contributed by atoms with Gasteiger partial charge in [0, 0.05) is 32.4 Å². The van der Waals surface area contributed by atoms with Crippen LogP contribution in [0.2, 0.25) is 10.2 Å². The quantitative estimate of drug-likeness (QED) is 0.419. The average molecular weight is 424 g/mol. The molecule has 1 saturated carbocycles. The van der Waals surface area contributed by atoms with E-state index in [1.807, 2.05) is 14.0 Å². The summed E-state index contributed by atoms with van der Waals surface area (Å²) < 4.78 is 28.5. The van der Waals surface area contributed by atoms with E-state index in [1.165, 1.54) is 6.42 Å². The highest BCUT2D eigenvalue weighted by Gasteiger charge is 2.20. The fourth-order valence-corrected chi connectivity index (χ4v) is 3.98. The molecule has 0 aromatic carbocycles. The molecule has 0 aliphatic heterocycles. The maximum atomic E-state index is 12.0. The van der Waals surface area contributed by atoms with Gasteiger partial charge in [-0.1, -0.05) is 29.6 Å². The Morgan fingerprint density at radius 3 is 2.62 bits per heavy atom. The SMILES string of the molecule is CCNC(=NCc1cc(Cl)c(Cl)n1C)NCCS(=O)(=O)NCC1CCC1. The van der Waals surface area contributed by atoms with Crippen LogP contribution >= 0.6 is 23.2 Å². The van der Waals surface area contributed by atoms with Crippen LogP contribution in [0, 0.1) is 5.92 Å². The number of nitrogens with zero attached hydrogens (tertiary/aromatic N) is 2. The molecule has 0 saturated heterocycles. The Bertz CT molecular complexity index is 729. The topological polar surface area (TPSA) is 87.5 Å². The molecule has 0 amide bonds. The molecule has 1 aliphatic rings. The van der Waals surface area contributed by atoms with Crippen LogP contribution in [0.4, 0.5) is 0 Å². The Balaban J connectivity index is 1.83. The van der Waals surface area contributed by atoms with Crippen LogP contribution in [0.3, 0.4) is 0 Å². The van der Waals surface area contributed by atoms with Crippen LogP contribution in [0.5, 0.6) is 0 Å². The Hall–Kier alpha value is -0.960. The van der Waals surface area contributed by atoms with E-state index >= 15 is 0 Å². The Labute approximate surface area is 165 Å². The van der Waals surface area contributed by atoms with Crippen molar-refractivity contribution in [1.29, 1.82) is 0 Å². The summed E-state index contributed by atoms with van der Waals surface area (Å²) in [6.07, 6.45) is 3.43. The van der Waals surface area contributed by atoms with Crippen molar-refractivity contribution in [2.45, 2.75) is 32.7 Å². The lowest BCUT2D eigenvalue weighted by atomic mass is 9.86. The molecule has 0 radical (unpaired) electrons. The van der Waals surface area contributed by atoms with Gasteiger partial charge in [0.15, 0.2) is 5.96 Å². The van der Waals surface area contributed by atoms with Crippen molar-refractivity contribution < 1.29 is 8.42 Å². The molecular weight excluding hydrogens is 397 g/mol. The molecule has 7 nitrogen and oxygen atoms in total. The van der Waals surface area contributed by atoms with E-state index in [9.17, 15) is 8.42 Å². The predicted molar refractivity (Wildman–Crippen MR) is 107 cm³/mol. The van der Waals surface area contributed by atoms with Crippen LogP contribution in [0.1, 0.15) is 31.9 Å². The van der Waals surface area contributed by atoms with Crippen LogP contribution in [-0.2, 0) is 23.6 Å². The van der Waals surface area contributed by atoms with Gasteiger partial charge in [0.1, 0.15) is 5.15 Å². The number of nitrogens with one attached hydrogen (secondary N) is 3. The van der Waals surface area contributed by atoms with Gasteiger partial charge in [-0.2, -0.15) is 0 Å². The van der Waals surface area contributed by atoms with E-state index < -0.39 is 10.0 Å². The monoisotopic (exact) mass is 423 g/mol. The molecule has 1 aliphatic carbocycles. The second-order valence-corrected chi connectivity index (χ2v) is 9.11. The molecule has 1 heterocycles. The molecule has 0 atom stereocenters. The third-order valence-corrected chi connectivity index (χ3v) is 6.63. The zero-order valence-corrected chi connectivity index (χ0v) is 17.5. The van der Waals surface area contributed by atoms with Gasteiger partial charge in [0.05, 0.1) is 17.3 Å². The Kier molecular flexibility index (Phi) is 8.06. The van der Waals surface area contributed by atoms with Gasteiger partial charge in [-0.3, -0.25) is 0 Å². The zero-order chi connectivity index (χ0) is 19.2. The van der Waals surface area contributed by atoms with Crippen molar-refractivity contribution >= 4 is 39.2 Å². The van der Waals surface area contributed by atoms with Gasteiger partial charge in [-0.15, -0.1) is 0 Å². The average Bonchev–Trinajstić information content (AvgIpc) is 2.78. The number of rotatable bonds is 9. The molecule has 3 N–H and O–H groups in total. The number of halogens is 2. The van der Waals surface area contributed by atoms with Crippen molar-refractivity contribution in [2.75, 3.05) is 25.4 Å². The summed E-state index contributed by atoms with van der Waals surface area (Å²) in [5, 5.41) is 7.10. The maximum absolute atomic E-state index is 12.0. The van der Waals surface area contributed by atoms with Crippen molar-refractivity contribution in [2.24, 2.45) is 18.0 Å². The zero-order valence-electron chi connectivity index (χ0n) is 15.2. The molecule has 10 heteroatoms. The second-order valence-electron chi connectivity index (χ2n) is 6.42. The first kappa shape index (κ1) is 21.3. The van der Waals surface area contributed by atoms with Crippen molar-refractivity contribution in [3.63, 3.8) is 0 Å². The standard InChI is InChI=1S/C16H27Cl2N5O2S/c1-3-19-16(21-11-13-9-14(17)15(18)23(13)2)20-7-8-26(24,25)22-10-12-5-4-6-12/h9,12,22H,3-8,10-11H2,1-2H3,(H2,19,20,21). The maximum Gasteiger partial charge on any atom is 0.213 e. The van der Waals surface area contributed by atoms with Gasteiger partial charge >= 0.3 is 0 Å². The normalized spacial score (nSPS) is 15.8. The lowest BCUT2D eigenvalue weighted by Crippen LogP contribution is -2.42. The van der Waals surface area contributed by atoms with Crippen LogP contribution in [0.25, 0.3) is 0 Å². The van der Waals surface area contributed by atoms with E-state index in [1.54, 1.807) is 10.6 Å². The molecule has 0 bridgehead atoms. The third kappa shape index (κ3) is 6.33. The highest BCUT2D eigenvalue weighted by molar-refractivity contribution is 7.89. The van der Waals surface area contributed by atoms with E-state index in [4.69, 9.17) is 23.2 Å². The molecule has 1 fully saturated rings. The summed E-state index contributed by atoms with van der Waals surface area (Å²) in [4.78, 5) is 4.46. The van der Waals surface area contributed by atoms with Crippen molar-refractivity contribution in [3.05, 3.63) is 21.9 Å². The largest absolute Gasteiger partial charge is 0.357 e. The van der Waals surface area contributed by atoms with Gasteiger partial charge in [-0.25, -0.2) is 18.1 Å². The summed E-state index contributed by atoms with van der Waals surface area (Å²) in [6, 6.07) is 1.77. The van der Waals surface area contributed by atoms with Crippen LogP contribution < -0.4 is 15.4 Å². The molecule has 2 rings (SSSR count). The second kappa shape index (κ2) is 9.82. The summed E-state index contributed by atoms with van der Waals surface area (Å²) in [7, 11) is -1.45. The van der Waals surface area contributed by atoms with E-state index in [0.29, 0.717) is 41.7 Å². The lowest BCUT2D eigenvalue weighted by molar-refractivity contribution is 0.316. The number of hydrogen-bond acceptors (Lipinski definition) is 3. The van der Waals surface area contributed by atoms with Gasteiger partial charge in [0.25, 0.3) is 0 Å². The van der Waals surface area contributed by atoms with E-state index in [2.05, 4.69) is 20.3 Å². The van der Waals surface area contributed by atoms with Gasteiger partial charge in [0.2, 0.25) is 10.0 Å². The lowest BCUT2D eigenvalue weighted by Gasteiger charge is -2.25. The summed E-state index contributed by atoms with van der Waals surface area (Å²) >= 11 is 12.1. The minimum Gasteiger partial charge on any atom is -0.357 e. The number of guanidine groups is 1. The molecule has 0 spiro atoms. The highest BCUT2D eigenvalue weighted by atomic mass is 35.5. The van der Waals surface area contributed by atoms with Crippen molar-refractivity contribution in [3.8, 4) is 0 Å². The number of sulfonamides is 1. The molecule has 0 unspecified atom stereocenters. The predicted octanol–water partition coefficient (Wildman–Crippen LogP) is 2.11. The van der Waals surface area contributed by atoms with E-state index in [0.717, 1.165) is 18.5 Å². The molecule has 148 valence electrons. The molecular formula is C16H27Cl2N5O2S. The number of aliphatic imine (C=N–C) groups is 1. The van der Waals surface area contributed by atoms with Gasteiger partial charge < -0.3 is 15.2 Å². The highest BCUT2D eigenvalue weighted by Crippen LogP contribution is 2.26. The minimum absolute atomic E-state index is 0.00590. The molecule has 26 heavy (non-hydrogen) atoms. The summed E-state index contributed by atoms with van der Waals surface area (Å²) in [5.74, 6) is 1.06. The summed E-state index contributed by atoms with van der Waals surface area (Å²) in [5.41, 5.74) is 0.868. The number of hydrogen-bond donors (Lipinski definition) is 3. The van der Waals surface area contributed by atoms with Crippen LogP contribution in [0.15, 0.2) is 11.1 Å². The smallest absolute Gasteiger partial charge is 0.213 e. The minimum atomic E-state index is -3.27. The van der Waals surface area contributed by atoms with Crippen molar-refractivity contribution in [1.82, 2.24) is 19.9 Å². The Morgan fingerprint density at radius 1 is 1.35 bits per heavy atom. The number of aromatic nitrogens is 1. The molecule has 1 aromatic rings. The van der Waals surface area contributed by atoms with Gasteiger partial charge in [-0.05, 0) is 31.7 Å². The fourth-order valence-electron chi connectivity index (χ4n) is 2.56. The molecule has 1 aromatic heterocycles. The Morgan fingerprint density at radius 2 is 2.08 bits per heavy atom. The van der Waals surface area contributed by atoms with Crippen LogP contribution in [-0.4, -0.2) is 44.3 Å². The first-order valence-corrected chi connectivity index (χ1v) is 11.2. The first-order chi connectivity index (χ1) is 12.3. The summed E-state index contributed by atoms with van der Waals surface area (Å²) in [6.45, 7) is 3.83. The first-order valence-electron chi connectivity index (χ1n) is 8.81. The fraction of sp³-hybridized carbons (Fsp3) is 0.688.